The number of hydrogen-bond acceptors (Lipinski definition) is 3. The molecule has 1 aliphatic rings. The fraction of sp³-hybridized carbons (Fsp3) is 0.333. The predicted molar refractivity (Wildman–Crippen MR) is 59.5 cm³/mol. The van der Waals surface area contributed by atoms with Crippen LogP contribution < -0.4 is 4.90 Å². The van der Waals surface area contributed by atoms with E-state index in [1.54, 1.807) is 6.07 Å². The predicted octanol–water partition coefficient (Wildman–Crippen LogP) is 2.92. The highest BCUT2D eigenvalue weighted by molar-refractivity contribution is 5.90. The van der Waals surface area contributed by atoms with Gasteiger partial charge in [-0.15, -0.1) is 0 Å². The van der Waals surface area contributed by atoms with Crippen LogP contribution >= 0.6 is 0 Å². The van der Waals surface area contributed by atoms with Crippen LogP contribution in [0.3, 0.4) is 0 Å². The molecule has 0 N–H and O–H groups in total. The summed E-state index contributed by atoms with van der Waals surface area (Å²) >= 11 is 0. The Morgan fingerprint density at radius 3 is 2.68 bits per heavy atom. The van der Waals surface area contributed by atoms with E-state index < -0.39 is 17.8 Å². The van der Waals surface area contributed by atoms with E-state index >= 15 is 0 Å². The second-order valence-corrected chi connectivity index (χ2v) is 3.96. The Labute approximate surface area is 107 Å². The number of carbonyl (C=O) groups is 1. The van der Waals surface area contributed by atoms with Crippen LogP contribution in [-0.4, -0.2) is 19.2 Å². The van der Waals surface area contributed by atoms with Crippen LogP contribution in [0.15, 0.2) is 18.2 Å². The highest BCUT2D eigenvalue weighted by atomic mass is 19.4. The molecule has 0 radical (unpaired) electrons. The summed E-state index contributed by atoms with van der Waals surface area (Å²) in [5.41, 5.74) is -0.980. The number of nitrogens with zero attached hydrogens (tertiary/aromatic N) is 2. The molecule has 2 rings (SSSR count). The maximum absolute atomic E-state index is 12.5. The Morgan fingerprint density at radius 1 is 1.37 bits per heavy atom. The number of ether oxygens (including phenoxy) is 1. The molecule has 100 valence electrons. The van der Waals surface area contributed by atoms with Crippen molar-refractivity contribution in [3.63, 3.8) is 0 Å². The van der Waals surface area contributed by atoms with Gasteiger partial charge >= 0.3 is 12.3 Å². The molecule has 7 heteroatoms. The van der Waals surface area contributed by atoms with Gasteiger partial charge in [-0.05, 0) is 24.6 Å². The number of amides is 1. The van der Waals surface area contributed by atoms with Crippen molar-refractivity contribution in [1.29, 1.82) is 5.26 Å². The smallest absolute Gasteiger partial charge is 0.416 e. The molecule has 0 bridgehead atoms. The van der Waals surface area contributed by atoms with E-state index in [-0.39, 0.29) is 17.9 Å². The zero-order valence-corrected chi connectivity index (χ0v) is 9.70. The van der Waals surface area contributed by atoms with E-state index in [1.165, 1.54) is 4.90 Å². The number of alkyl halides is 3. The Morgan fingerprint density at radius 2 is 2.11 bits per heavy atom. The van der Waals surface area contributed by atoms with Crippen molar-refractivity contribution in [1.82, 2.24) is 0 Å². The molecule has 1 fully saturated rings. The maximum Gasteiger partial charge on any atom is 0.416 e. The third-order valence-corrected chi connectivity index (χ3v) is 2.71. The number of hydrogen-bond donors (Lipinski definition) is 0. The number of benzene rings is 1. The van der Waals surface area contributed by atoms with Gasteiger partial charge in [-0.25, -0.2) is 4.79 Å². The van der Waals surface area contributed by atoms with Gasteiger partial charge < -0.3 is 4.74 Å². The number of rotatable bonds is 1. The first-order chi connectivity index (χ1) is 8.93. The first-order valence-electron chi connectivity index (χ1n) is 5.49. The maximum atomic E-state index is 12.5. The monoisotopic (exact) mass is 270 g/mol. The lowest BCUT2D eigenvalue weighted by atomic mass is 10.1. The van der Waals surface area contributed by atoms with Gasteiger partial charge in [-0.2, -0.15) is 18.4 Å². The summed E-state index contributed by atoms with van der Waals surface area (Å²) in [6.07, 6.45) is -4.60. The zero-order valence-electron chi connectivity index (χ0n) is 9.70. The Bertz CT molecular complexity index is 549. The lowest BCUT2D eigenvalue weighted by Gasteiger charge is -2.27. The van der Waals surface area contributed by atoms with E-state index in [0.717, 1.165) is 18.2 Å². The highest BCUT2D eigenvalue weighted by Crippen LogP contribution is 2.33. The minimum absolute atomic E-state index is 0.139. The van der Waals surface area contributed by atoms with Crippen LogP contribution in [0, 0.1) is 11.3 Å². The zero-order chi connectivity index (χ0) is 14.0. The lowest BCUT2D eigenvalue weighted by Crippen LogP contribution is -2.38. The van der Waals surface area contributed by atoms with Gasteiger partial charge in [-0.1, -0.05) is 0 Å². The summed E-state index contributed by atoms with van der Waals surface area (Å²) < 4.78 is 42.4. The normalized spacial score (nSPS) is 15.9. The highest BCUT2D eigenvalue weighted by Gasteiger charge is 2.32. The summed E-state index contributed by atoms with van der Waals surface area (Å²) in [6, 6.07) is 4.37. The van der Waals surface area contributed by atoms with Crippen LogP contribution in [0.4, 0.5) is 23.7 Å². The minimum Gasteiger partial charge on any atom is -0.449 e. The number of carbonyl (C=O) groups excluding carboxylic acids is 1. The van der Waals surface area contributed by atoms with Crippen LogP contribution in [-0.2, 0) is 10.9 Å². The van der Waals surface area contributed by atoms with Crippen LogP contribution in [0.1, 0.15) is 17.5 Å². The van der Waals surface area contributed by atoms with Crippen LogP contribution in [0.5, 0.6) is 0 Å². The van der Waals surface area contributed by atoms with Crippen LogP contribution in [0.25, 0.3) is 0 Å². The van der Waals surface area contributed by atoms with Gasteiger partial charge in [0.15, 0.2) is 0 Å². The molecule has 1 saturated heterocycles. The van der Waals surface area contributed by atoms with Crippen molar-refractivity contribution in [3.05, 3.63) is 29.3 Å². The Hall–Kier alpha value is -2.23. The van der Waals surface area contributed by atoms with E-state index in [0.29, 0.717) is 13.0 Å². The van der Waals surface area contributed by atoms with E-state index in [4.69, 9.17) is 10.00 Å². The van der Waals surface area contributed by atoms with Crippen LogP contribution in [0.2, 0.25) is 0 Å². The number of halogens is 3. The second-order valence-electron chi connectivity index (χ2n) is 3.96. The number of cyclic esters (lactones) is 1. The summed E-state index contributed by atoms with van der Waals surface area (Å²) in [7, 11) is 0. The average molecular weight is 270 g/mol. The Balaban J connectivity index is 2.42. The molecule has 0 spiro atoms. The molecule has 1 amide bonds. The average Bonchev–Trinajstić information content (AvgIpc) is 2.37. The van der Waals surface area contributed by atoms with Crippen molar-refractivity contribution < 1.29 is 22.7 Å². The fourth-order valence-corrected chi connectivity index (χ4v) is 1.81. The largest absolute Gasteiger partial charge is 0.449 e. The lowest BCUT2D eigenvalue weighted by molar-refractivity contribution is -0.137. The summed E-state index contributed by atoms with van der Waals surface area (Å²) in [5, 5.41) is 8.93. The number of anilines is 1. The first-order valence-corrected chi connectivity index (χ1v) is 5.49. The van der Waals surface area contributed by atoms with Gasteiger partial charge in [0.2, 0.25) is 0 Å². The molecular formula is C12H9F3N2O2. The standard InChI is InChI=1S/C12H9F3N2O2/c13-12(14,15)9-2-3-10(8(6-9)7-16)17-4-1-5-19-11(17)18/h2-3,6H,1,4-5H2. The Kier molecular flexibility index (Phi) is 3.34. The molecule has 1 aromatic carbocycles. The summed E-state index contributed by atoms with van der Waals surface area (Å²) in [6.45, 7) is 0.594. The topological polar surface area (TPSA) is 53.3 Å². The fourth-order valence-electron chi connectivity index (χ4n) is 1.81. The molecule has 0 aromatic heterocycles. The molecule has 0 saturated carbocycles. The van der Waals surface area contributed by atoms with Crippen molar-refractivity contribution in [2.75, 3.05) is 18.1 Å². The molecule has 4 nitrogen and oxygen atoms in total. The third-order valence-electron chi connectivity index (χ3n) is 2.71. The van der Waals surface area contributed by atoms with Crippen molar-refractivity contribution in [3.8, 4) is 6.07 Å². The molecule has 0 atom stereocenters. The van der Waals surface area contributed by atoms with Gasteiger partial charge in [-0.3, -0.25) is 4.90 Å². The van der Waals surface area contributed by atoms with Gasteiger partial charge in [0, 0.05) is 6.54 Å². The molecule has 1 aromatic rings. The van der Waals surface area contributed by atoms with E-state index in [9.17, 15) is 18.0 Å². The van der Waals surface area contributed by atoms with E-state index in [2.05, 4.69) is 0 Å². The molecule has 1 aliphatic heterocycles. The first kappa shape index (κ1) is 13.2. The summed E-state index contributed by atoms with van der Waals surface area (Å²) in [5.74, 6) is 0. The molecule has 19 heavy (non-hydrogen) atoms. The molecule has 0 aliphatic carbocycles. The molecule has 1 heterocycles. The second kappa shape index (κ2) is 4.80. The molecular weight excluding hydrogens is 261 g/mol. The van der Waals surface area contributed by atoms with Crippen molar-refractivity contribution in [2.24, 2.45) is 0 Å². The van der Waals surface area contributed by atoms with Crippen molar-refractivity contribution >= 4 is 11.8 Å². The van der Waals surface area contributed by atoms with Gasteiger partial charge in [0.05, 0.1) is 23.4 Å². The minimum atomic E-state index is -4.52. The van der Waals surface area contributed by atoms with Gasteiger partial charge in [0.25, 0.3) is 0 Å². The van der Waals surface area contributed by atoms with E-state index in [1.807, 2.05) is 0 Å². The quantitative estimate of drug-likeness (QED) is 0.788. The van der Waals surface area contributed by atoms with Crippen molar-refractivity contribution in [2.45, 2.75) is 12.6 Å². The van der Waals surface area contributed by atoms with Gasteiger partial charge in [0.1, 0.15) is 6.07 Å². The SMILES string of the molecule is N#Cc1cc(C(F)(F)F)ccc1N1CCCOC1=O. The summed E-state index contributed by atoms with van der Waals surface area (Å²) in [4.78, 5) is 12.7. The number of nitriles is 1. The molecule has 0 unspecified atom stereocenters. The third kappa shape index (κ3) is 2.62.